The second kappa shape index (κ2) is 8.21. The van der Waals surface area contributed by atoms with Gasteiger partial charge in [-0.2, -0.15) is 4.98 Å². The van der Waals surface area contributed by atoms with Gasteiger partial charge in [0.2, 0.25) is 11.8 Å². The van der Waals surface area contributed by atoms with Gasteiger partial charge in [0.15, 0.2) is 5.82 Å². The molecule has 1 aromatic carbocycles. The molecule has 6 heteroatoms. The molecule has 1 N–H and O–H groups in total. The average molecular weight is 368 g/mol. The molecule has 1 saturated carbocycles. The van der Waals surface area contributed by atoms with Crippen molar-refractivity contribution in [3.8, 4) is 0 Å². The van der Waals surface area contributed by atoms with Gasteiger partial charge in [0.25, 0.3) is 0 Å². The quantitative estimate of drug-likeness (QED) is 0.814. The smallest absolute Gasteiger partial charge is 0.231 e. The molecule has 2 fully saturated rings. The molecule has 0 bridgehead atoms. The van der Waals surface area contributed by atoms with Crippen molar-refractivity contribution < 1.29 is 9.32 Å². The zero-order chi connectivity index (χ0) is 18.6. The summed E-state index contributed by atoms with van der Waals surface area (Å²) in [6.07, 6.45) is 5.19. The first-order valence-corrected chi connectivity index (χ1v) is 10.0. The van der Waals surface area contributed by atoms with Crippen LogP contribution in [-0.4, -0.2) is 40.6 Å². The maximum absolute atomic E-state index is 12.4. The van der Waals surface area contributed by atoms with Gasteiger partial charge in [-0.3, -0.25) is 9.69 Å². The van der Waals surface area contributed by atoms with E-state index >= 15 is 0 Å². The maximum Gasteiger partial charge on any atom is 0.231 e. The molecule has 1 unspecified atom stereocenters. The predicted octanol–water partition coefficient (Wildman–Crippen LogP) is 2.71. The molecule has 1 atom stereocenters. The van der Waals surface area contributed by atoms with Crippen LogP contribution in [0.1, 0.15) is 48.5 Å². The van der Waals surface area contributed by atoms with Crippen molar-refractivity contribution in [1.82, 2.24) is 20.4 Å². The Bertz CT molecular complexity index is 784. The van der Waals surface area contributed by atoms with E-state index in [1.165, 1.54) is 24.0 Å². The molecule has 27 heavy (non-hydrogen) atoms. The number of aryl methyl sites for hydroxylation is 1. The molecule has 6 nitrogen and oxygen atoms in total. The van der Waals surface area contributed by atoms with Crippen molar-refractivity contribution in [2.45, 2.75) is 45.6 Å². The van der Waals surface area contributed by atoms with E-state index < -0.39 is 0 Å². The third-order valence-electron chi connectivity index (χ3n) is 5.62. The number of carbonyl (C=O) groups excluding carboxylic acids is 1. The molecule has 1 aliphatic heterocycles. The fraction of sp³-hybridized carbons (Fsp3) is 0.571. The van der Waals surface area contributed by atoms with Crippen LogP contribution < -0.4 is 5.32 Å². The van der Waals surface area contributed by atoms with Gasteiger partial charge in [-0.05, 0) is 56.2 Å². The Labute approximate surface area is 160 Å². The summed E-state index contributed by atoms with van der Waals surface area (Å²) >= 11 is 0. The molecule has 0 spiro atoms. The van der Waals surface area contributed by atoms with Crippen molar-refractivity contribution in [2.75, 3.05) is 19.6 Å². The number of nitrogens with zero attached hydrogens (tertiary/aromatic N) is 3. The number of hydrogen-bond donors (Lipinski definition) is 1. The first kappa shape index (κ1) is 18.2. The highest BCUT2D eigenvalue weighted by Crippen LogP contribution is 2.28. The molecule has 2 aromatic rings. The molecule has 144 valence electrons. The van der Waals surface area contributed by atoms with Crippen LogP contribution >= 0.6 is 0 Å². The molecule has 0 radical (unpaired) electrons. The molecule has 2 heterocycles. The van der Waals surface area contributed by atoms with Gasteiger partial charge in [0.05, 0.1) is 18.9 Å². The maximum atomic E-state index is 12.4. The average Bonchev–Trinajstić information content (AvgIpc) is 3.41. The Morgan fingerprint density at radius 3 is 2.96 bits per heavy atom. The van der Waals surface area contributed by atoms with Gasteiger partial charge in [0.1, 0.15) is 0 Å². The zero-order valence-corrected chi connectivity index (χ0v) is 16.0. The summed E-state index contributed by atoms with van der Waals surface area (Å²) in [5.74, 6) is 2.36. The van der Waals surface area contributed by atoms with Crippen LogP contribution in [0.3, 0.4) is 0 Å². The number of rotatable bonds is 7. The highest BCUT2D eigenvalue weighted by molar-refractivity contribution is 5.79. The first-order valence-electron chi connectivity index (χ1n) is 10.0. The summed E-state index contributed by atoms with van der Waals surface area (Å²) in [6.45, 7) is 5.34. The Morgan fingerprint density at radius 1 is 1.30 bits per heavy atom. The van der Waals surface area contributed by atoms with Gasteiger partial charge >= 0.3 is 0 Å². The molecular formula is C21H28N4O2. The Kier molecular flexibility index (Phi) is 5.53. The summed E-state index contributed by atoms with van der Waals surface area (Å²) in [5, 5.41) is 7.27. The lowest BCUT2D eigenvalue weighted by molar-refractivity contribution is -0.126. The molecular weight excluding hydrogens is 340 g/mol. The SMILES string of the molecule is Cc1ccccc1Cc1nc(CN2CCCC(C(=O)NCC3CC3)C2)no1. The van der Waals surface area contributed by atoms with Crippen molar-refractivity contribution in [3.63, 3.8) is 0 Å². The predicted molar refractivity (Wildman–Crippen MR) is 102 cm³/mol. The van der Waals surface area contributed by atoms with Gasteiger partial charge < -0.3 is 9.84 Å². The van der Waals surface area contributed by atoms with Crippen LogP contribution in [0.4, 0.5) is 0 Å². The van der Waals surface area contributed by atoms with Gasteiger partial charge in [-0.1, -0.05) is 29.4 Å². The number of benzene rings is 1. The summed E-state index contributed by atoms with van der Waals surface area (Å²) in [7, 11) is 0. The van der Waals surface area contributed by atoms with Crippen LogP contribution in [0.5, 0.6) is 0 Å². The number of hydrogen-bond acceptors (Lipinski definition) is 5. The lowest BCUT2D eigenvalue weighted by Crippen LogP contribution is -2.43. The molecule has 1 amide bonds. The third kappa shape index (κ3) is 4.95. The number of likely N-dealkylation sites (tertiary alicyclic amines) is 1. The first-order chi connectivity index (χ1) is 13.2. The Hall–Kier alpha value is -2.21. The third-order valence-corrected chi connectivity index (χ3v) is 5.62. The molecule has 2 aliphatic rings. The van der Waals surface area contributed by atoms with Crippen LogP contribution in [0.2, 0.25) is 0 Å². The topological polar surface area (TPSA) is 71.3 Å². The molecule has 1 aromatic heterocycles. The Morgan fingerprint density at radius 2 is 2.15 bits per heavy atom. The van der Waals surface area contributed by atoms with Crippen LogP contribution in [0, 0.1) is 18.8 Å². The normalized spacial score (nSPS) is 20.6. The van der Waals surface area contributed by atoms with E-state index in [9.17, 15) is 4.79 Å². The van der Waals surface area contributed by atoms with E-state index in [4.69, 9.17) is 4.52 Å². The minimum atomic E-state index is 0.0795. The van der Waals surface area contributed by atoms with Crippen molar-refractivity contribution in [2.24, 2.45) is 11.8 Å². The minimum absolute atomic E-state index is 0.0795. The van der Waals surface area contributed by atoms with Crippen molar-refractivity contribution in [1.29, 1.82) is 0 Å². The number of aromatic nitrogens is 2. The Balaban J connectivity index is 1.30. The van der Waals surface area contributed by atoms with Crippen LogP contribution in [0.15, 0.2) is 28.8 Å². The molecule has 4 rings (SSSR count). The second-order valence-electron chi connectivity index (χ2n) is 7.97. The van der Waals surface area contributed by atoms with Gasteiger partial charge in [-0.25, -0.2) is 0 Å². The number of piperidine rings is 1. The number of nitrogens with one attached hydrogen (secondary N) is 1. The van der Waals surface area contributed by atoms with Crippen molar-refractivity contribution in [3.05, 3.63) is 47.1 Å². The highest BCUT2D eigenvalue weighted by Gasteiger charge is 2.28. The lowest BCUT2D eigenvalue weighted by atomic mass is 9.97. The van der Waals surface area contributed by atoms with E-state index in [2.05, 4.69) is 39.4 Å². The summed E-state index contributed by atoms with van der Waals surface area (Å²) in [5.41, 5.74) is 2.44. The van der Waals surface area contributed by atoms with Crippen LogP contribution in [-0.2, 0) is 17.8 Å². The van der Waals surface area contributed by atoms with E-state index in [0.717, 1.165) is 38.4 Å². The van der Waals surface area contributed by atoms with Crippen LogP contribution in [0.25, 0.3) is 0 Å². The summed E-state index contributed by atoms with van der Waals surface area (Å²) < 4.78 is 5.44. The standard InChI is InChI=1S/C21H28N4O2/c1-15-5-2-3-6-17(15)11-20-23-19(24-27-20)14-25-10-4-7-18(13-25)21(26)22-12-16-8-9-16/h2-3,5-6,16,18H,4,7-14H2,1H3,(H,22,26). The fourth-order valence-electron chi connectivity index (χ4n) is 3.72. The zero-order valence-electron chi connectivity index (χ0n) is 16.0. The monoisotopic (exact) mass is 368 g/mol. The molecule has 1 aliphatic carbocycles. The van der Waals surface area contributed by atoms with E-state index in [-0.39, 0.29) is 11.8 Å². The fourth-order valence-corrected chi connectivity index (χ4v) is 3.72. The highest BCUT2D eigenvalue weighted by atomic mass is 16.5. The molecule has 1 saturated heterocycles. The second-order valence-corrected chi connectivity index (χ2v) is 7.97. The number of amides is 1. The minimum Gasteiger partial charge on any atom is -0.356 e. The van der Waals surface area contributed by atoms with E-state index in [0.29, 0.717) is 24.7 Å². The van der Waals surface area contributed by atoms with E-state index in [1.54, 1.807) is 0 Å². The van der Waals surface area contributed by atoms with Gasteiger partial charge in [0, 0.05) is 13.1 Å². The summed E-state index contributed by atoms with van der Waals surface area (Å²) in [4.78, 5) is 19.2. The largest absolute Gasteiger partial charge is 0.356 e. The lowest BCUT2D eigenvalue weighted by Gasteiger charge is -2.31. The van der Waals surface area contributed by atoms with Gasteiger partial charge in [-0.15, -0.1) is 0 Å². The van der Waals surface area contributed by atoms with E-state index in [1.807, 2.05) is 12.1 Å². The summed E-state index contributed by atoms with van der Waals surface area (Å²) in [6, 6.07) is 8.25. The van der Waals surface area contributed by atoms with Crippen molar-refractivity contribution >= 4 is 5.91 Å². The number of carbonyl (C=O) groups is 1.